The van der Waals surface area contributed by atoms with Crippen LogP contribution in [0.15, 0.2) is 16.6 Å². The van der Waals surface area contributed by atoms with E-state index in [1.807, 2.05) is 6.92 Å². The Morgan fingerprint density at radius 1 is 1.57 bits per heavy atom. The molecule has 0 spiro atoms. The van der Waals surface area contributed by atoms with E-state index in [1.54, 1.807) is 6.07 Å². The second-order valence-corrected chi connectivity index (χ2v) is 3.76. The number of benzene rings is 1. The molecule has 80 valence electrons. The largest absolute Gasteiger partial charge is 0.505 e. The molecule has 14 heavy (non-hydrogen) atoms. The molecule has 0 aliphatic carbocycles. The molecule has 1 rings (SSSR count). The average molecular weight is 285 g/mol. The lowest BCUT2D eigenvalue weighted by molar-refractivity contribution is 0.419. The fourth-order valence-corrected chi connectivity index (χ4v) is 1.54. The second-order valence-electron chi connectivity index (χ2n) is 2.84. The van der Waals surface area contributed by atoms with E-state index in [0.29, 0.717) is 16.5 Å². The molecule has 0 bridgehead atoms. The van der Waals surface area contributed by atoms with Gasteiger partial charge in [0, 0.05) is 16.1 Å². The maximum Gasteiger partial charge on any atom is 0.166 e. The zero-order chi connectivity index (χ0) is 10.0. The van der Waals surface area contributed by atoms with Crippen molar-refractivity contribution in [3.8, 4) is 5.75 Å². The van der Waals surface area contributed by atoms with E-state index in [-0.39, 0.29) is 24.2 Å². The van der Waals surface area contributed by atoms with Crippen LogP contribution in [0.5, 0.6) is 5.75 Å². The van der Waals surface area contributed by atoms with Crippen LogP contribution in [-0.2, 0) is 0 Å². The minimum absolute atomic E-state index is 0. The Morgan fingerprint density at radius 3 is 2.64 bits per heavy atom. The first-order valence-electron chi connectivity index (χ1n) is 3.99. The topological polar surface area (TPSA) is 46.2 Å². The van der Waals surface area contributed by atoms with Crippen molar-refractivity contribution in [3.05, 3.63) is 28.0 Å². The van der Waals surface area contributed by atoms with E-state index in [2.05, 4.69) is 15.9 Å². The zero-order valence-corrected chi connectivity index (χ0v) is 10.0. The fourth-order valence-electron chi connectivity index (χ4n) is 1.09. The zero-order valence-electron chi connectivity index (χ0n) is 7.63. The number of phenolic OH excluding ortho intramolecular Hbond substituents is 1. The summed E-state index contributed by atoms with van der Waals surface area (Å²) >= 11 is 3.14. The highest BCUT2D eigenvalue weighted by molar-refractivity contribution is 9.10. The average Bonchev–Trinajstić information content (AvgIpc) is 2.10. The fraction of sp³-hybridized carbons (Fsp3) is 0.333. The van der Waals surface area contributed by atoms with Crippen molar-refractivity contribution in [1.29, 1.82) is 0 Å². The molecule has 1 aromatic carbocycles. The summed E-state index contributed by atoms with van der Waals surface area (Å²) in [6, 6.07) is 2.51. The van der Waals surface area contributed by atoms with Gasteiger partial charge in [-0.3, -0.25) is 0 Å². The third-order valence-electron chi connectivity index (χ3n) is 1.90. The Bertz CT molecular complexity index is 322. The van der Waals surface area contributed by atoms with Gasteiger partial charge in [-0.05, 0) is 18.6 Å². The number of rotatable bonds is 2. The number of aromatic hydroxyl groups is 1. The van der Waals surface area contributed by atoms with Crippen LogP contribution in [0.1, 0.15) is 24.9 Å². The summed E-state index contributed by atoms with van der Waals surface area (Å²) in [4.78, 5) is 0. The SMILES string of the molecule is CC[C@H](N)c1cc(Br)cc(F)c1O.Cl. The third kappa shape index (κ3) is 2.83. The van der Waals surface area contributed by atoms with E-state index in [1.165, 1.54) is 6.07 Å². The summed E-state index contributed by atoms with van der Waals surface area (Å²) in [5.74, 6) is -0.995. The molecule has 0 unspecified atom stereocenters. The number of phenols is 1. The number of hydrogen-bond donors (Lipinski definition) is 2. The monoisotopic (exact) mass is 283 g/mol. The van der Waals surface area contributed by atoms with Crippen LogP contribution >= 0.6 is 28.3 Å². The Hall–Kier alpha value is -0.320. The van der Waals surface area contributed by atoms with Gasteiger partial charge >= 0.3 is 0 Å². The first-order valence-corrected chi connectivity index (χ1v) is 4.79. The maximum atomic E-state index is 13.0. The van der Waals surface area contributed by atoms with Gasteiger partial charge in [-0.25, -0.2) is 4.39 Å². The molecule has 0 fully saturated rings. The lowest BCUT2D eigenvalue weighted by Gasteiger charge is -2.12. The smallest absolute Gasteiger partial charge is 0.166 e. The number of hydrogen-bond acceptors (Lipinski definition) is 2. The third-order valence-corrected chi connectivity index (χ3v) is 2.35. The molecule has 0 aliphatic rings. The number of nitrogens with two attached hydrogens (primary N) is 1. The molecule has 0 aliphatic heterocycles. The number of halogens is 3. The van der Waals surface area contributed by atoms with Gasteiger partial charge in [0.05, 0.1) is 0 Å². The van der Waals surface area contributed by atoms with Crippen molar-refractivity contribution in [1.82, 2.24) is 0 Å². The quantitative estimate of drug-likeness (QED) is 0.876. The molecule has 5 heteroatoms. The van der Waals surface area contributed by atoms with Gasteiger partial charge in [-0.2, -0.15) is 0 Å². The highest BCUT2D eigenvalue weighted by Gasteiger charge is 2.13. The Labute approximate surface area is 96.8 Å². The molecular weight excluding hydrogens is 272 g/mol. The van der Waals surface area contributed by atoms with Crippen molar-refractivity contribution in [2.24, 2.45) is 5.73 Å². The molecule has 0 amide bonds. The van der Waals surface area contributed by atoms with Crippen molar-refractivity contribution in [2.45, 2.75) is 19.4 Å². The minimum atomic E-state index is -0.645. The molecule has 0 heterocycles. The summed E-state index contributed by atoms with van der Waals surface area (Å²) in [5, 5.41) is 9.35. The van der Waals surface area contributed by atoms with Crippen LogP contribution in [0.3, 0.4) is 0 Å². The van der Waals surface area contributed by atoms with Crippen molar-refractivity contribution >= 4 is 28.3 Å². The second kappa shape index (κ2) is 5.53. The van der Waals surface area contributed by atoms with Crippen LogP contribution in [0.2, 0.25) is 0 Å². The maximum absolute atomic E-state index is 13.0. The van der Waals surface area contributed by atoms with E-state index in [4.69, 9.17) is 5.73 Å². The van der Waals surface area contributed by atoms with Crippen molar-refractivity contribution < 1.29 is 9.50 Å². The minimum Gasteiger partial charge on any atom is -0.505 e. The molecule has 2 nitrogen and oxygen atoms in total. The van der Waals surface area contributed by atoms with Gasteiger partial charge in [0.1, 0.15) is 0 Å². The summed E-state index contributed by atoms with van der Waals surface area (Å²) in [6.45, 7) is 1.88. The first-order chi connectivity index (χ1) is 6.06. The van der Waals surface area contributed by atoms with Gasteiger partial charge in [-0.1, -0.05) is 22.9 Å². The van der Waals surface area contributed by atoms with E-state index < -0.39 is 5.82 Å². The lowest BCUT2D eigenvalue weighted by atomic mass is 10.0. The predicted octanol–water partition coefficient (Wildman–Crippen LogP) is 3.13. The van der Waals surface area contributed by atoms with Gasteiger partial charge in [-0.15, -0.1) is 12.4 Å². The van der Waals surface area contributed by atoms with Crippen LogP contribution in [0.25, 0.3) is 0 Å². The Kier molecular flexibility index (Phi) is 5.41. The molecule has 1 atom stereocenters. The van der Waals surface area contributed by atoms with Gasteiger partial charge < -0.3 is 10.8 Å². The predicted molar refractivity (Wildman–Crippen MR) is 60.2 cm³/mol. The summed E-state index contributed by atoms with van der Waals surface area (Å²) in [5.41, 5.74) is 6.12. The van der Waals surface area contributed by atoms with Gasteiger partial charge in [0.2, 0.25) is 0 Å². The van der Waals surface area contributed by atoms with Crippen LogP contribution < -0.4 is 5.73 Å². The summed E-state index contributed by atoms with van der Waals surface area (Å²) in [7, 11) is 0. The summed E-state index contributed by atoms with van der Waals surface area (Å²) in [6.07, 6.45) is 0.656. The van der Waals surface area contributed by atoms with E-state index >= 15 is 0 Å². The molecule has 3 N–H and O–H groups in total. The van der Waals surface area contributed by atoms with E-state index in [0.717, 1.165) is 0 Å². The standard InChI is InChI=1S/C9H11BrFNO.ClH/c1-2-8(12)6-3-5(10)4-7(11)9(6)13;/h3-4,8,13H,2,12H2,1H3;1H/t8-;/m0./s1. The molecule has 0 saturated heterocycles. The molecule has 0 saturated carbocycles. The van der Waals surface area contributed by atoms with Crippen molar-refractivity contribution in [3.63, 3.8) is 0 Å². The van der Waals surface area contributed by atoms with E-state index in [9.17, 15) is 9.50 Å². The molecule has 1 aromatic rings. The Morgan fingerprint density at radius 2 is 2.14 bits per heavy atom. The van der Waals surface area contributed by atoms with Crippen molar-refractivity contribution in [2.75, 3.05) is 0 Å². The van der Waals surface area contributed by atoms with Crippen LogP contribution in [0.4, 0.5) is 4.39 Å². The van der Waals surface area contributed by atoms with Gasteiger partial charge in [0.15, 0.2) is 11.6 Å². The van der Waals surface area contributed by atoms with Gasteiger partial charge in [0.25, 0.3) is 0 Å². The molecular formula is C9H12BrClFNO. The van der Waals surface area contributed by atoms with Crippen LogP contribution in [-0.4, -0.2) is 5.11 Å². The van der Waals surface area contributed by atoms with Crippen LogP contribution in [0, 0.1) is 5.82 Å². The first kappa shape index (κ1) is 13.7. The lowest BCUT2D eigenvalue weighted by Crippen LogP contribution is -2.09. The highest BCUT2D eigenvalue weighted by Crippen LogP contribution is 2.30. The Balaban J connectivity index is 0.00000169. The summed E-state index contributed by atoms with van der Waals surface area (Å²) < 4.78 is 13.6. The highest BCUT2D eigenvalue weighted by atomic mass is 79.9. The molecule has 0 aromatic heterocycles. The molecule has 0 radical (unpaired) electrons. The normalized spacial score (nSPS) is 12.0.